The van der Waals surface area contributed by atoms with Crippen LogP contribution in [0.15, 0.2) is 60.9 Å². The zero-order valence-corrected chi connectivity index (χ0v) is 25.7. The molecule has 0 spiro atoms. The van der Waals surface area contributed by atoms with E-state index >= 15 is 0 Å². The number of ether oxygens (including phenoxy) is 1. The fraction of sp³-hybridized carbons (Fsp3) is 0.419. The van der Waals surface area contributed by atoms with Gasteiger partial charge in [-0.1, -0.05) is 39.8 Å². The van der Waals surface area contributed by atoms with E-state index in [-0.39, 0.29) is 48.1 Å². The maximum atomic E-state index is 13.4. The number of nitrogens with two attached hydrogens (primary N) is 1. The number of amides is 2. The van der Waals surface area contributed by atoms with Gasteiger partial charge in [-0.25, -0.2) is 4.79 Å². The summed E-state index contributed by atoms with van der Waals surface area (Å²) in [5, 5.41) is 6.41. The van der Waals surface area contributed by atoms with E-state index in [0.29, 0.717) is 6.54 Å². The van der Waals surface area contributed by atoms with Gasteiger partial charge >= 0.3 is 6.03 Å². The number of hydrogen-bond acceptors (Lipinski definition) is 5. The highest BCUT2D eigenvalue weighted by molar-refractivity contribution is 5.92. The third kappa shape index (κ3) is 7.52. The Morgan fingerprint density at radius 3 is 2.23 bits per heavy atom. The third-order valence-corrected chi connectivity index (χ3v) is 7.71. The molecule has 0 unspecified atom stereocenters. The van der Waals surface area contributed by atoms with Gasteiger partial charge in [0, 0.05) is 42.6 Å². The number of methoxy groups -OCH3 is 1. The van der Waals surface area contributed by atoms with E-state index in [9.17, 15) is 4.79 Å². The minimum atomic E-state index is -0.215. The molecular weight excluding hydrogens is 545 g/mol. The Balaban J connectivity index is 0.00000280. The van der Waals surface area contributed by atoms with Crippen LogP contribution in [0, 0.1) is 0 Å². The van der Waals surface area contributed by atoms with Gasteiger partial charge in [0.1, 0.15) is 5.75 Å². The first-order valence-corrected chi connectivity index (χ1v) is 13.5. The topological polar surface area (TPSA) is 92.5 Å². The highest BCUT2D eigenvalue weighted by atomic mass is 35.5. The second kappa shape index (κ2) is 14.5. The molecule has 1 fully saturated rings. The summed E-state index contributed by atoms with van der Waals surface area (Å²) in [5.74, 6) is 1.28. The maximum Gasteiger partial charge on any atom is 0.319 e. The molecule has 1 aromatic heterocycles. The van der Waals surface area contributed by atoms with Gasteiger partial charge in [-0.15, -0.1) is 24.8 Å². The molecule has 218 valence electrons. The third-order valence-electron chi connectivity index (χ3n) is 7.71. The molecule has 0 radical (unpaired) electrons. The molecule has 7 nitrogen and oxygen atoms in total. The van der Waals surface area contributed by atoms with Crippen LogP contribution in [0.1, 0.15) is 69.1 Å². The number of carbonyl (C=O) groups excluding carboxylic acids is 1. The van der Waals surface area contributed by atoms with E-state index in [0.717, 1.165) is 59.9 Å². The first-order chi connectivity index (χ1) is 18.2. The molecule has 0 saturated carbocycles. The van der Waals surface area contributed by atoms with Crippen molar-refractivity contribution in [2.45, 2.75) is 57.8 Å². The van der Waals surface area contributed by atoms with Gasteiger partial charge in [0.05, 0.1) is 19.0 Å². The Morgan fingerprint density at radius 1 is 1.02 bits per heavy atom. The minimum Gasteiger partial charge on any atom is -0.497 e. The Hall–Kier alpha value is -3.16. The summed E-state index contributed by atoms with van der Waals surface area (Å²) in [5.41, 5.74) is 12.0. The molecular formula is C31H43Cl2N5O2. The van der Waals surface area contributed by atoms with Crippen molar-refractivity contribution in [1.82, 2.24) is 10.3 Å². The number of piperidine rings is 1. The first kappa shape index (κ1) is 33.0. The van der Waals surface area contributed by atoms with Crippen LogP contribution >= 0.6 is 24.8 Å². The average Bonchev–Trinajstić information content (AvgIpc) is 2.93. The van der Waals surface area contributed by atoms with Gasteiger partial charge in [0.15, 0.2) is 0 Å². The lowest BCUT2D eigenvalue weighted by atomic mass is 9.72. The van der Waals surface area contributed by atoms with E-state index in [1.54, 1.807) is 13.3 Å². The lowest BCUT2D eigenvalue weighted by molar-refractivity contribution is 0.244. The molecule has 9 heteroatoms. The molecule has 2 amide bonds. The predicted molar refractivity (Wildman–Crippen MR) is 171 cm³/mol. The number of hydrogen-bond donors (Lipinski definition) is 3. The van der Waals surface area contributed by atoms with Crippen LogP contribution in [0.5, 0.6) is 5.75 Å². The highest BCUT2D eigenvalue weighted by Crippen LogP contribution is 2.38. The largest absolute Gasteiger partial charge is 0.497 e. The molecule has 0 bridgehead atoms. The quantitative estimate of drug-likeness (QED) is 0.244. The van der Waals surface area contributed by atoms with Gasteiger partial charge < -0.3 is 26.0 Å². The van der Waals surface area contributed by atoms with Gasteiger partial charge in [-0.05, 0) is 77.8 Å². The Labute approximate surface area is 251 Å². The number of carbonyl (C=O) groups is 1. The van der Waals surface area contributed by atoms with Crippen LogP contribution in [0.2, 0.25) is 0 Å². The van der Waals surface area contributed by atoms with Gasteiger partial charge in [-0.3, -0.25) is 4.98 Å². The Kier molecular flexibility index (Phi) is 12.0. The van der Waals surface area contributed by atoms with Gasteiger partial charge in [-0.2, -0.15) is 0 Å². The van der Waals surface area contributed by atoms with Crippen molar-refractivity contribution in [3.8, 4) is 5.75 Å². The summed E-state index contributed by atoms with van der Waals surface area (Å²) < 4.78 is 5.54. The molecule has 1 saturated heterocycles. The molecule has 0 aliphatic carbocycles. The summed E-state index contributed by atoms with van der Waals surface area (Å²) >= 11 is 0. The monoisotopic (exact) mass is 587 g/mol. The van der Waals surface area contributed by atoms with Crippen LogP contribution in [-0.2, 0) is 5.41 Å². The number of urea groups is 1. The lowest BCUT2D eigenvalue weighted by Crippen LogP contribution is -2.49. The maximum absolute atomic E-state index is 13.4. The van der Waals surface area contributed by atoms with E-state index in [1.807, 2.05) is 36.5 Å². The smallest absolute Gasteiger partial charge is 0.319 e. The molecule has 1 aliphatic heterocycles. The van der Waals surface area contributed by atoms with Crippen molar-refractivity contribution in [1.29, 1.82) is 0 Å². The fourth-order valence-electron chi connectivity index (χ4n) is 5.43. The zero-order chi connectivity index (χ0) is 27.3. The van der Waals surface area contributed by atoms with E-state index in [1.165, 1.54) is 5.56 Å². The molecule has 0 atom stereocenters. The summed E-state index contributed by atoms with van der Waals surface area (Å²) in [4.78, 5) is 20.0. The Morgan fingerprint density at radius 2 is 1.68 bits per heavy atom. The summed E-state index contributed by atoms with van der Waals surface area (Å²) in [6, 6.07) is 16.1. The summed E-state index contributed by atoms with van der Waals surface area (Å²) in [6.07, 6.45) is 5.50. The number of nitrogens with one attached hydrogen (secondary N) is 2. The normalized spacial score (nSPS) is 14.2. The van der Waals surface area contributed by atoms with Crippen molar-refractivity contribution < 1.29 is 9.53 Å². The van der Waals surface area contributed by atoms with E-state index in [4.69, 9.17) is 10.5 Å². The van der Waals surface area contributed by atoms with Crippen LogP contribution in [0.4, 0.5) is 21.9 Å². The number of rotatable bonds is 8. The van der Waals surface area contributed by atoms with Crippen LogP contribution in [-0.4, -0.2) is 37.8 Å². The van der Waals surface area contributed by atoms with Crippen LogP contribution < -0.4 is 26.0 Å². The summed E-state index contributed by atoms with van der Waals surface area (Å²) in [7, 11) is 1.69. The van der Waals surface area contributed by atoms with E-state index < -0.39 is 0 Å². The number of nitrogens with zero attached hydrogens (tertiary/aromatic N) is 2. The SMILES string of the molecule is COc1cccc(C2(CNC(=O)Nc3c(C(C)C)cc(N)cc3C(C)C)CCN(c3cccnc3)CC2)c1.Cl.Cl. The molecule has 2 aromatic carbocycles. The molecule has 1 aliphatic rings. The number of anilines is 3. The van der Waals surface area contributed by atoms with Crippen molar-refractivity contribution >= 4 is 47.9 Å². The number of nitrogen functional groups attached to an aromatic ring is 1. The zero-order valence-electron chi connectivity index (χ0n) is 24.1. The molecule has 4 rings (SSSR count). The van der Waals surface area contributed by atoms with Crippen LogP contribution in [0.25, 0.3) is 0 Å². The summed E-state index contributed by atoms with van der Waals surface area (Å²) in [6.45, 7) is 10.8. The predicted octanol–water partition coefficient (Wildman–Crippen LogP) is 7.12. The Bertz CT molecular complexity index is 1220. The number of pyridine rings is 1. The fourth-order valence-corrected chi connectivity index (χ4v) is 5.43. The molecule has 2 heterocycles. The van der Waals surface area contributed by atoms with Crippen molar-refractivity contribution in [3.05, 3.63) is 77.6 Å². The van der Waals surface area contributed by atoms with Gasteiger partial charge in [0.25, 0.3) is 0 Å². The second-order valence-electron chi connectivity index (χ2n) is 10.9. The van der Waals surface area contributed by atoms with Crippen LogP contribution in [0.3, 0.4) is 0 Å². The number of halogens is 2. The van der Waals surface area contributed by atoms with Crippen molar-refractivity contribution in [3.63, 3.8) is 0 Å². The van der Waals surface area contributed by atoms with E-state index in [2.05, 4.69) is 66.4 Å². The standard InChI is InChI=1S/C31H41N5O2.2ClH/c1-21(2)27-17-24(32)18-28(22(3)4)29(27)35-30(37)34-20-31(23-8-6-10-26(16-23)38-5)11-14-36(15-12-31)25-9-7-13-33-19-25;;/h6-10,13,16-19,21-22H,11-12,14-15,20,32H2,1-5H3,(H2,34,35,37);2*1H. The average molecular weight is 589 g/mol. The molecule has 3 aromatic rings. The first-order valence-electron chi connectivity index (χ1n) is 13.5. The minimum absolute atomic E-state index is 0. The van der Waals surface area contributed by atoms with Crippen molar-refractivity contribution in [2.75, 3.05) is 42.7 Å². The number of benzene rings is 2. The highest BCUT2D eigenvalue weighted by Gasteiger charge is 2.37. The molecule has 4 N–H and O–H groups in total. The van der Waals surface area contributed by atoms with Crippen molar-refractivity contribution in [2.24, 2.45) is 0 Å². The van der Waals surface area contributed by atoms with Gasteiger partial charge in [0.2, 0.25) is 0 Å². The number of aromatic nitrogens is 1. The molecule has 40 heavy (non-hydrogen) atoms. The lowest BCUT2D eigenvalue weighted by Gasteiger charge is -2.43. The second-order valence-corrected chi connectivity index (χ2v) is 10.9.